The molecule has 33 heavy (non-hydrogen) atoms. The van der Waals surface area contributed by atoms with Gasteiger partial charge in [-0.3, -0.25) is 4.79 Å². The number of hydrogen-bond donors (Lipinski definition) is 0. The number of furan rings is 1. The van der Waals surface area contributed by atoms with Crippen molar-refractivity contribution in [3.05, 3.63) is 88.8 Å². The van der Waals surface area contributed by atoms with Crippen LogP contribution in [-0.4, -0.2) is 40.3 Å². The number of fused-ring (bicyclic) bond motifs is 1. The minimum absolute atomic E-state index is 0.191. The molecule has 3 aromatic heterocycles. The quantitative estimate of drug-likeness (QED) is 0.395. The van der Waals surface area contributed by atoms with Gasteiger partial charge in [0, 0.05) is 19.4 Å². The lowest BCUT2D eigenvalue weighted by atomic mass is 10.1. The summed E-state index contributed by atoms with van der Waals surface area (Å²) in [5.41, 5.74) is 3.51. The number of imidazole rings is 1. The first kappa shape index (κ1) is 22.1. The summed E-state index contributed by atoms with van der Waals surface area (Å²) in [6, 6.07) is 12.6. The number of carbonyl (C=O) groups is 2. The Morgan fingerprint density at radius 1 is 1.09 bits per heavy atom. The Labute approximate surface area is 191 Å². The van der Waals surface area contributed by atoms with Crippen LogP contribution in [-0.2, 0) is 17.9 Å². The van der Waals surface area contributed by atoms with Gasteiger partial charge in [-0.05, 0) is 43.7 Å². The summed E-state index contributed by atoms with van der Waals surface area (Å²) in [4.78, 5) is 31.0. The summed E-state index contributed by atoms with van der Waals surface area (Å²) < 4.78 is 18.3. The number of pyridine rings is 1. The van der Waals surface area contributed by atoms with Gasteiger partial charge in [0.2, 0.25) is 0 Å². The largest absolute Gasteiger partial charge is 0.486 e. The molecule has 4 rings (SSSR count). The van der Waals surface area contributed by atoms with Crippen LogP contribution in [0.5, 0.6) is 5.75 Å². The molecule has 3 heterocycles. The van der Waals surface area contributed by atoms with Crippen LogP contribution in [0.3, 0.4) is 0 Å². The van der Waals surface area contributed by atoms with E-state index in [-0.39, 0.29) is 19.1 Å². The van der Waals surface area contributed by atoms with Crippen molar-refractivity contribution < 1.29 is 23.5 Å². The van der Waals surface area contributed by atoms with Crippen LogP contribution >= 0.6 is 0 Å². The molecule has 0 unspecified atom stereocenters. The zero-order chi connectivity index (χ0) is 23.5. The first-order valence-corrected chi connectivity index (χ1v) is 10.4. The molecule has 8 heteroatoms. The van der Waals surface area contributed by atoms with Gasteiger partial charge in [-0.2, -0.15) is 0 Å². The van der Waals surface area contributed by atoms with Crippen molar-refractivity contribution in [1.29, 1.82) is 0 Å². The molecule has 0 aliphatic heterocycles. The summed E-state index contributed by atoms with van der Waals surface area (Å²) in [7, 11) is 2.98. The zero-order valence-corrected chi connectivity index (χ0v) is 19.0. The molecule has 170 valence electrons. The van der Waals surface area contributed by atoms with Crippen LogP contribution in [0.2, 0.25) is 0 Å². The Balaban J connectivity index is 1.47. The molecule has 8 nitrogen and oxygen atoms in total. The topological polar surface area (TPSA) is 86.3 Å². The molecule has 0 fully saturated rings. The summed E-state index contributed by atoms with van der Waals surface area (Å²) >= 11 is 0. The molecule has 0 spiro atoms. The van der Waals surface area contributed by atoms with Crippen LogP contribution in [0.15, 0.2) is 59.3 Å². The summed E-state index contributed by atoms with van der Waals surface area (Å²) in [6.45, 7) is 4.13. The molecule has 0 aliphatic rings. The minimum Gasteiger partial charge on any atom is -0.486 e. The van der Waals surface area contributed by atoms with Gasteiger partial charge < -0.3 is 23.2 Å². The van der Waals surface area contributed by atoms with Crippen molar-refractivity contribution >= 4 is 17.5 Å². The molecule has 0 radical (unpaired) electrons. The molecule has 1 aromatic carbocycles. The normalized spacial score (nSPS) is 10.9. The second-order valence-corrected chi connectivity index (χ2v) is 7.82. The van der Waals surface area contributed by atoms with Crippen molar-refractivity contribution in [2.24, 2.45) is 0 Å². The SMILES string of the molecule is COC(=O)c1cc(CN(C)C(=O)c2ccccc2OCc2cn3cc(C)ccc3n2)oc1C. The summed E-state index contributed by atoms with van der Waals surface area (Å²) in [6.07, 6.45) is 3.91. The Bertz CT molecular complexity index is 1320. The van der Waals surface area contributed by atoms with Gasteiger partial charge in [-0.15, -0.1) is 0 Å². The van der Waals surface area contributed by atoms with Gasteiger partial charge in [0.05, 0.1) is 24.9 Å². The van der Waals surface area contributed by atoms with E-state index in [1.54, 1.807) is 38.2 Å². The summed E-state index contributed by atoms with van der Waals surface area (Å²) in [5.74, 6) is 0.696. The number of aromatic nitrogens is 2. The van der Waals surface area contributed by atoms with E-state index in [4.69, 9.17) is 13.9 Å². The van der Waals surface area contributed by atoms with E-state index in [1.165, 1.54) is 12.0 Å². The van der Waals surface area contributed by atoms with Gasteiger partial charge in [-0.1, -0.05) is 18.2 Å². The minimum atomic E-state index is -0.475. The highest BCUT2D eigenvalue weighted by Crippen LogP contribution is 2.23. The first-order chi connectivity index (χ1) is 15.9. The number of rotatable bonds is 7. The van der Waals surface area contributed by atoms with E-state index < -0.39 is 5.97 Å². The molecule has 1 amide bonds. The van der Waals surface area contributed by atoms with Crippen molar-refractivity contribution in [2.75, 3.05) is 14.2 Å². The third-order valence-electron chi connectivity index (χ3n) is 5.26. The third kappa shape index (κ3) is 4.74. The molecule has 4 aromatic rings. The molecular formula is C25H25N3O5. The number of amides is 1. The van der Waals surface area contributed by atoms with E-state index in [0.717, 1.165) is 16.9 Å². The predicted octanol–water partition coefficient (Wildman–Crippen LogP) is 4.18. The number of para-hydroxylation sites is 1. The second-order valence-electron chi connectivity index (χ2n) is 7.82. The summed E-state index contributed by atoms with van der Waals surface area (Å²) in [5, 5.41) is 0. The third-order valence-corrected chi connectivity index (χ3v) is 5.26. The number of ether oxygens (including phenoxy) is 2. The van der Waals surface area contributed by atoms with Crippen LogP contribution in [0, 0.1) is 13.8 Å². The molecule has 0 bridgehead atoms. The standard InChI is InChI=1S/C25H25N3O5/c1-16-9-10-23-26-18(13-28(23)12-16)15-32-22-8-6-5-7-20(22)24(29)27(3)14-19-11-21(17(2)33-19)25(30)31-4/h5-13H,14-15H2,1-4H3. The Morgan fingerprint density at radius 3 is 2.67 bits per heavy atom. The number of nitrogens with zero attached hydrogens (tertiary/aromatic N) is 3. The van der Waals surface area contributed by atoms with Gasteiger partial charge in [0.25, 0.3) is 5.91 Å². The fourth-order valence-electron chi connectivity index (χ4n) is 3.59. The maximum absolute atomic E-state index is 13.1. The number of esters is 1. The van der Waals surface area contributed by atoms with E-state index >= 15 is 0 Å². The highest BCUT2D eigenvalue weighted by molar-refractivity contribution is 5.96. The van der Waals surface area contributed by atoms with Crippen molar-refractivity contribution in [1.82, 2.24) is 14.3 Å². The fraction of sp³-hybridized carbons (Fsp3) is 0.240. The van der Waals surface area contributed by atoms with Crippen molar-refractivity contribution in [2.45, 2.75) is 27.0 Å². The maximum Gasteiger partial charge on any atom is 0.341 e. The zero-order valence-electron chi connectivity index (χ0n) is 19.0. The van der Waals surface area contributed by atoms with E-state index in [0.29, 0.717) is 28.4 Å². The highest BCUT2D eigenvalue weighted by Gasteiger charge is 2.21. The predicted molar refractivity (Wildman–Crippen MR) is 121 cm³/mol. The number of methoxy groups -OCH3 is 1. The van der Waals surface area contributed by atoms with Crippen LogP contribution in [0.25, 0.3) is 5.65 Å². The number of hydrogen-bond acceptors (Lipinski definition) is 6. The van der Waals surface area contributed by atoms with Crippen LogP contribution in [0.4, 0.5) is 0 Å². The molecule has 0 N–H and O–H groups in total. The average molecular weight is 447 g/mol. The first-order valence-electron chi connectivity index (χ1n) is 10.4. The number of carbonyl (C=O) groups excluding carboxylic acids is 2. The molecule has 0 saturated carbocycles. The van der Waals surface area contributed by atoms with Crippen molar-refractivity contribution in [3.63, 3.8) is 0 Å². The molecular weight excluding hydrogens is 422 g/mol. The van der Waals surface area contributed by atoms with E-state index in [9.17, 15) is 9.59 Å². The van der Waals surface area contributed by atoms with Gasteiger partial charge in [0.15, 0.2) is 0 Å². The molecule has 0 atom stereocenters. The monoisotopic (exact) mass is 447 g/mol. The smallest absolute Gasteiger partial charge is 0.341 e. The molecule has 0 aliphatic carbocycles. The van der Waals surface area contributed by atoms with Crippen molar-refractivity contribution in [3.8, 4) is 5.75 Å². The van der Waals surface area contributed by atoms with Gasteiger partial charge in [-0.25, -0.2) is 9.78 Å². The Morgan fingerprint density at radius 2 is 1.88 bits per heavy atom. The maximum atomic E-state index is 13.1. The van der Waals surface area contributed by atoms with Gasteiger partial charge in [0.1, 0.15) is 35.1 Å². The molecule has 0 saturated heterocycles. The Kier molecular flexibility index (Phi) is 6.17. The van der Waals surface area contributed by atoms with Crippen LogP contribution < -0.4 is 4.74 Å². The lowest BCUT2D eigenvalue weighted by molar-refractivity contribution is 0.0598. The number of benzene rings is 1. The van der Waals surface area contributed by atoms with E-state index in [1.807, 2.05) is 41.9 Å². The average Bonchev–Trinajstić information content (AvgIpc) is 3.38. The van der Waals surface area contributed by atoms with Gasteiger partial charge >= 0.3 is 5.97 Å². The highest BCUT2D eigenvalue weighted by atomic mass is 16.5. The second kappa shape index (κ2) is 9.20. The Hall–Kier alpha value is -4.07. The number of aryl methyl sites for hydroxylation is 2. The fourth-order valence-corrected chi connectivity index (χ4v) is 3.59. The lowest BCUT2D eigenvalue weighted by Gasteiger charge is -2.18. The lowest BCUT2D eigenvalue weighted by Crippen LogP contribution is -2.26. The van der Waals surface area contributed by atoms with E-state index in [2.05, 4.69) is 4.98 Å². The van der Waals surface area contributed by atoms with Crippen LogP contribution in [0.1, 0.15) is 43.5 Å².